The van der Waals surface area contributed by atoms with Gasteiger partial charge < -0.3 is 9.84 Å². The van der Waals surface area contributed by atoms with Crippen molar-refractivity contribution in [2.45, 2.75) is 64.6 Å². The van der Waals surface area contributed by atoms with Crippen LogP contribution >= 0.6 is 11.3 Å². The number of aryl methyl sites for hydroxylation is 1. The number of carboxylic acid groups (broad SMARTS) is 1. The molecule has 4 aromatic rings. The van der Waals surface area contributed by atoms with E-state index in [1.165, 1.54) is 48.1 Å². The minimum atomic E-state index is -0.915. The Morgan fingerprint density at radius 1 is 1.00 bits per heavy atom. The van der Waals surface area contributed by atoms with E-state index in [1.807, 2.05) is 23.8 Å². The van der Waals surface area contributed by atoms with E-state index in [0.717, 1.165) is 28.7 Å². The van der Waals surface area contributed by atoms with Crippen LogP contribution < -0.4 is 0 Å². The zero-order valence-electron chi connectivity index (χ0n) is 22.2. The lowest BCUT2D eigenvalue weighted by molar-refractivity contribution is -0.113. The lowest BCUT2D eigenvalue weighted by Crippen LogP contribution is -2.38. The molecule has 0 spiro atoms. The predicted octanol–water partition coefficient (Wildman–Crippen LogP) is 8.89. The van der Waals surface area contributed by atoms with Crippen molar-refractivity contribution in [3.8, 4) is 22.3 Å². The van der Waals surface area contributed by atoms with Crippen LogP contribution in [-0.2, 0) is 16.9 Å². The normalized spacial score (nSPS) is 15.7. The first-order chi connectivity index (χ1) is 18.5. The molecule has 0 radical (unpaired) electrons. The fraction of sp³-hybridized carbons (Fsp3) is 0.333. The molecule has 0 bridgehead atoms. The molecule has 1 saturated carbocycles. The highest BCUT2D eigenvalue weighted by atomic mass is 32.1. The lowest BCUT2D eigenvalue weighted by Gasteiger charge is -2.41. The zero-order valence-corrected chi connectivity index (χ0v) is 23.0. The second kappa shape index (κ2) is 11.6. The van der Waals surface area contributed by atoms with E-state index in [2.05, 4.69) is 61.3 Å². The van der Waals surface area contributed by atoms with Crippen molar-refractivity contribution in [3.63, 3.8) is 0 Å². The van der Waals surface area contributed by atoms with Gasteiger partial charge in [-0.1, -0.05) is 74.7 Å². The maximum atomic E-state index is 11.4. The molecule has 5 rings (SSSR count). The van der Waals surface area contributed by atoms with E-state index in [-0.39, 0.29) is 11.2 Å². The fourth-order valence-electron chi connectivity index (χ4n) is 5.98. The zero-order chi connectivity index (χ0) is 26.5. The van der Waals surface area contributed by atoms with E-state index < -0.39 is 5.97 Å². The molecule has 4 nitrogen and oxygen atoms in total. The average molecular weight is 526 g/mol. The molecule has 1 atom stereocenters. The topological polar surface area (TPSA) is 59.4 Å². The van der Waals surface area contributed by atoms with Gasteiger partial charge in [-0.15, -0.1) is 11.3 Å². The van der Waals surface area contributed by atoms with E-state index in [4.69, 9.17) is 4.74 Å². The van der Waals surface area contributed by atoms with Crippen molar-refractivity contribution < 1.29 is 14.6 Å². The standard InChI is InChI=1S/C33H35NO3S/c1-3-33(31-20-34-22-38-31,27-10-5-4-6-11-27)37-21-24-13-18-29(25-14-16-26(17-15-25)32(35)36)30(19-24)28-12-8-7-9-23(28)2/h7-9,12-20,22,27H,3-6,10-11,21H2,1-2H3,(H,35,36). The number of ether oxygens (including phenoxy) is 1. The van der Waals surface area contributed by atoms with Gasteiger partial charge in [0.25, 0.3) is 0 Å². The summed E-state index contributed by atoms with van der Waals surface area (Å²) in [5, 5.41) is 9.34. The van der Waals surface area contributed by atoms with E-state index in [0.29, 0.717) is 12.5 Å². The van der Waals surface area contributed by atoms with Gasteiger partial charge in [-0.3, -0.25) is 4.98 Å². The molecule has 1 unspecified atom stereocenters. The Hall–Kier alpha value is -3.28. The molecule has 1 aliphatic rings. The average Bonchev–Trinajstić information content (AvgIpc) is 3.50. The van der Waals surface area contributed by atoms with Gasteiger partial charge in [-0.05, 0) is 83.7 Å². The van der Waals surface area contributed by atoms with E-state index in [1.54, 1.807) is 23.5 Å². The summed E-state index contributed by atoms with van der Waals surface area (Å²) in [6.45, 7) is 4.90. The number of benzene rings is 3. The number of aromatic nitrogens is 1. The van der Waals surface area contributed by atoms with Crippen LogP contribution in [-0.4, -0.2) is 16.1 Å². The molecule has 196 valence electrons. The summed E-state index contributed by atoms with van der Waals surface area (Å²) in [7, 11) is 0. The number of aromatic carboxylic acids is 1. The molecule has 38 heavy (non-hydrogen) atoms. The molecule has 3 aromatic carbocycles. The molecule has 5 heteroatoms. The molecule has 1 fully saturated rings. The van der Waals surface area contributed by atoms with Gasteiger partial charge in [0.2, 0.25) is 0 Å². The SMILES string of the molecule is CCC(OCc1ccc(-c2ccc(C(=O)O)cc2)c(-c2ccccc2C)c1)(c1cncs1)C1CCCCC1. The van der Waals surface area contributed by atoms with Crippen molar-refractivity contribution >= 4 is 17.3 Å². The van der Waals surface area contributed by atoms with Crippen molar-refractivity contribution in [2.24, 2.45) is 5.92 Å². The summed E-state index contributed by atoms with van der Waals surface area (Å²) < 4.78 is 6.96. The third-order valence-electron chi connectivity index (χ3n) is 8.10. The molecule has 1 N–H and O–H groups in total. The number of hydrogen-bond acceptors (Lipinski definition) is 4. The molecule has 1 aliphatic carbocycles. The summed E-state index contributed by atoms with van der Waals surface area (Å²) in [6, 6.07) is 22.1. The van der Waals surface area contributed by atoms with Crippen molar-refractivity contribution in [2.75, 3.05) is 0 Å². The van der Waals surface area contributed by atoms with Gasteiger partial charge in [0.15, 0.2) is 0 Å². The predicted molar refractivity (Wildman–Crippen MR) is 154 cm³/mol. The largest absolute Gasteiger partial charge is 0.478 e. The van der Waals surface area contributed by atoms with Crippen molar-refractivity contribution in [3.05, 3.63) is 100 Å². The second-order valence-corrected chi connectivity index (χ2v) is 11.2. The number of rotatable bonds is 9. The molecular weight excluding hydrogens is 490 g/mol. The Kier molecular flexibility index (Phi) is 8.06. The minimum absolute atomic E-state index is 0.290. The summed E-state index contributed by atoms with van der Waals surface area (Å²) in [4.78, 5) is 17.0. The van der Waals surface area contributed by atoms with Crippen LogP contribution in [0, 0.1) is 12.8 Å². The first kappa shape index (κ1) is 26.3. The van der Waals surface area contributed by atoms with Crippen LogP contribution in [0.4, 0.5) is 0 Å². The van der Waals surface area contributed by atoms with Crippen molar-refractivity contribution in [1.29, 1.82) is 0 Å². The molecule has 1 aromatic heterocycles. The first-order valence-electron chi connectivity index (χ1n) is 13.6. The van der Waals surface area contributed by atoms with Crippen LogP contribution in [0.2, 0.25) is 0 Å². The molecule has 0 amide bonds. The Morgan fingerprint density at radius 3 is 2.42 bits per heavy atom. The number of thiazole rings is 1. The van der Waals surface area contributed by atoms with Crippen LogP contribution in [0.5, 0.6) is 0 Å². The van der Waals surface area contributed by atoms with Gasteiger partial charge in [-0.25, -0.2) is 4.79 Å². The number of carboxylic acids is 1. The number of carbonyl (C=O) groups is 1. The Bertz CT molecular complexity index is 1370. The molecular formula is C33H35NO3S. The lowest BCUT2D eigenvalue weighted by atomic mass is 9.74. The maximum absolute atomic E-state index is 11.4. The van der Waals surface area contributed by atoms with Gasteiger partial charge >= 0.3 is 5.97 Å². The summed E-state index contributed by atoms with van der Waals surface area (Å²) in [6.07, 6.45) is 9.18. The Labute approximate surface area is 229 Å². The second-order valence-electron chi connectivity index (χ2n) is 10.3. The monoisotopic (exact) mass is 525 g/mol. The minimum Gasteiger partial charge on any atom is -0.478 e. The molecule has 0 aliphatic heterocycles. The summed E-state index contributed by atoms with van der Waals surface area (Å²) >= 11 is 1.71. The number of nitrogens with zero attached hydrogens (tertiary/aromatic N) is 1. The summed E-state index contributed by atoms with van der Waals surface area (Å²) in [5.74, 6) is -0.411. The maximum Gasteiger partial charge on any atom is 0.335 e. The third-order valence-corrected chi connectivity index (χ3v) is 9.03. The quantitative estimate of drug-likeness (QED) is 0.237. The van der Waals surface area contributed by atoms with Crippen LogP contribution in [0.15, 0.2) is 78.4 Å². The van der Waals surface area contributed by atoms with Crippen LogP contribution in [0.25, 0.3) is 22.3 Å². The highest BCUT2D eigenvalue weighted by Crippen LogP contribution is 2.46. The van der Waals surface area contributed by atoms with Gasteiger partial charge in [0, 0.05) is 6.20 Å². The van der Waals surface area contributed by atoms with E-state index >= 15 is 0 Å². The Morgan fingerprint density at radius 2 is 1.76 bits per heavy atom. The smallest absolute Gasteiger partial charge is 0.335 e. The fourth-order valence-corrected chi connectivity index (χ4v) is 6.91. The third kappa shape index (κ3) is 5.31. The molecule has 0 saturated heterocycles. The van der Waals surface area contributed by atoms with Crippen molar-refractivity contribution in [1.82, 2.24) is 4.98 Å². The highest BCUT2D eigenvalue weighted by molar-refractivity contribution is 7.09. The van der Waals surface area contributed by atoms with Crippen LogP contribution in [0.1, 0.15) is 71.8 Å². The van der Waals surface area contributed by atoms with Crippen LogP contribution in [0.3, 0.4) is 0 Å². The number of hydrogen-bond donors (Lipinski definition) is 1. The van der Waals surface area contributed by atoms with Gasteiger partial charge in [-0.2, -0.15) is 0 Å². The van der Waals surface area contributed by atoms with Gasteiger partial charge in [0.05, 0.1) is 22.6 Å². The van der Waals surface area contributed by atoms with Gasteiger partial charge in [0.1, 0.15) is 5.60 Å². The Balaban J connectivity index is 1.52. The molecule has 1 heterocycles. The summed E-state index contributed by atoms with van der Waals surface area (Å²) in [5.41, 5.74) is 8.61. The highest BCUT2D eigenvalue weighted by Gasteiger charge is 2.41. The first-order valence-corrected chi connectivity index (χ1v) is 14.5. The van der Waals surface area contributed by atoms with E-state index in [9.17, 15) is 9.90 Å².